The molecule has 13 heavy (non-hydrogen) atoms. The summed E-state index contributed by atoms with van der Waals surface area (Å²) in [6, 6.07) is 4.82. The van der Waals surface area contributed by atoms with Crippen molar-refractivity contribution in [1.29, 1.82) is 0 Å². The second-order valence-electron chi connectivity index (χ2n) is 2.47. The fraction of sp³-hybridized carbons (Fsp3) is 0.222. The number of rotatable bonds is 4. The summed E-state index contributed by atoms with van der Waals surface area (Å²) < 4.78 is 17.9. The van der Waals surface area contributed by atoms with Gasteiger partial charge in [-0.05, 0) is 33.6 Å². The number of carbonyl (C=O) groups is 1. The first-order valence-corrected chi connectivity index (χ1v) is 4.52. The average Bonchev–Trinajstić information content (AvgIpc) is 2.12. The second kappa shape index (κ2) is 4.97. The van der Waals surface area contributed by atoms with Gasteiger partial charge in [-0.1, -0.05) is 6.07 Å². The number of carbonyl (C=O) groups excluding carboxylic acids is 1. The van der Waals surface area contributed by atoms with Gasteiger partial charge in [0, 0.05) is 6.42 Å². The molecular formula is C9H8BrFO2. The van der Waals surface area contributed by atoms with E-state index in [1.165, 1.54) is 6.07 Å². The average molecular weight is 247 g/mol. The van der Waals surface area contributed by atoms with Crippen LogP contribution in [0.25, 0.3) is 0 Å². The molecule has 1 aromatic carbocycles. The lowest BCUT2D eigenvalue weighted by molar-refractivity contribution is -0.128. The summed E-state index contributed by atoms with van der Waals surface area (Å²) in [5, 5.41) is 0. The Morgan fingerprint density at radius 3 is 2.92 bits per heavy atom. The summed E-state index contributed by atoms with van der Waals surface area (Å²) in [6.07, 6.45) is 0.531. The quantitative estimate of drug-likeness (QED) is 0.602. The number of hydrogen-bond acceptors (Lipinski definition) is 2. The van der Waals surface area contributed by atoms with E-state index < -0.39 is 0 Å². The monoisotopic (exact) mass is 246 g/mol. The summed E-state index contributed by atoms with van der Waals surface area (Å²) in [7, 11) is 0. The van der Waals surface area contributed by atoms with Crippen LogP contribution in [0, 0.1) is 5.82 Å². The van der Waals surface area contributed by atoms with Gasteiger partial charge in [0.2, 0.25) is 0 Å². The lowest BCUT2D eigenvalue weighted by atomic mass is 10.2. The normalized spacial score (nSPS) is 9.69. The number of halogens is 2. The van der Waals surface area contributed by atoms with Crippen molar-refractivity contribution in [2.75, 3.05) is 6.61 Å². The smallest absolute Gasteiger partial charge is 0.293 e. The lowest BCUT2D eigenvalue weighted by Gasteiger charge is -2.01. The molecule has 0 aliphatic rings. The van der Waals surface area contributed by atoms with Crippen LogP contribution in [-0.2, 0) is 16.0 Å². The molecule has 0 atom stereocenters. The molecule has 0 aliphatic carbocycles. The van der Waals surface area contributed by atoms with Crippen LogP contribution in [0.3, 0.4) is 0 Å². The maximum Gasteiger partial charge on any atom is 0.293 e. The Balaban J connectivity index is 2.57. The van der Waals surface area contributed by atoms with Gasteiger partial charge in [0.25, 0.3) is 6.47 Å². The maximum absolute atomic E-state index is 12.9. The largest absolute Gasteiger partial charge is 0.468 e. The Labute approximate surface area is 83.8 Å². The first-order chi connectivity index (χ1) is 6.24. The van der Waals surface area contributed by atoms with Gasteiger partial charge in [-0.3, -0.25) is 4.79 Å². The molecule has 0 radical (unpaired) electrons. The van der Waals surface area contributed by atoms with Crippen molar-refractivity contribution >= 4 is 22.4 Å². The minimum Gasteiger partial charge on any atom is -0.468 e. The Bertz CT molecular complexity index is 302. The molecule has 0 fully saturated rings. The zero-order valence-electron chi connectivity index (χ0n) is 6.80. The summed E-state index contributed by atoms with van der Waals surface area (Å²) in [5.41, 5.74) is 0.808. The lowest BCUT2D eigenvalue weighted by Crippen LogP contribution is -1.97. The van der Waals surface area contributed by atoms with Crippen LogP contribution < -0.4 is 0 Å². The third kappa shape index (κ3) is 3.14. The van der Waals surface area contributed by atoms with E-state index in [1.807, 2.05) is 0 Å². The van der Waals surface area contributed by atoms with E-state index in [-0.39, 0.29) is 12.4 Å². The summed E-state index contributed by atoms with van der Waals surface area (Å²) in [6.45, 7) is 0.666. The highest BCUT2D eigenvalue weighted by Crippen LogP contribution is 2.16. The topological polar surface area (TPSA) is 26.3 Å². The molecule has 2 nitrogen and oxygen atoms in total. The number of benzene rings is 1. The van der Waals surface area contributed by atoms with Crippen LogP contribution in [0.15, 0.2) is 22.7 Å². The van der Waals surface area contributed by atoms with Crippen molar-refractivity contribution in [3.8, 4) is 0 Å². The van der Waals surface area contributed by atoms with E-state index in [0.717, 1.165) is 5.56 Å². The molecule has 1 rings (SSSR count). The maximum atomic E-state index is 12.9. The minimum absolute atomic E-state index is 0.282. The molecule has 0 aromatic heterocycles. The molecule has 4 heteroatoms. The van der Waals surface area contributed by atoms with Crippen molar-refractivity contribution in [3.05, 3.63) is 34.1 Å². The van der Waals surface area contributed by atoms with Crippen LogP contribution in [0.1, 0.15) is 5.56 Å². The predicted octanol–water partition coefficient (Wildman–Crippen LogP) is 2.30. The van der Waals surface area contributed by atoms with Crippen LogP contribution in [0.2, 0.25) is 0 Å². The molecule has 0 unspecified atom stereocenters. The predicted molar refractivity (Wildman–Crippen MR) is 49.8 cm³/mol. The standard InChI is InChI=1S/C9H8BrFO2/c10-8-2-1-7(5-9(8)11)3-4-13-6-12/h1-2,5-6H,3-4H2. The summed E-state index contributed by atoms with van der Waals surface area (Å²) in [5.74, 6) is -0.302. The van der Waals surface area contributed by atoms with E-state index in [2.05, 4.69) is 20.7 Å². The zero-order chi connectivity index (χ0) is 9.68. The minimum atomic E-state index is -0.302. The molecule has 0 spiro atoms. The molecule has 0 bridgehead atoms. The molecule has 0 aliphatic heterocycles. The Kier molecular flexibility index (Phi) is 3.89. The third-order valence-corrected chi connectivity index (χ3v) is 2.20. The van der Waals surface area contributed by atoms with E-state index in [0.29, 0.717) is 17.4 Å². The summed E-state index contributed by atoms with van der Waals surface area (Å²) in [4.78, 5) is 9.81. The molecule has 0 saturated heterocycles. The van der Waals surface area contributed by atoms with Gasteiger partial charge in [-0.2, -0.15) is 0 Å². The Morgan fingerprint density at radius 1 is 1.54 bits per heavy atom. The van der Waals surface area contributed by atoms with Crippen LogP contribution in [0.5, 0.6) is 0 Å². The number of hydrogen-bond donors (Lipinski definition) is 0. The van der Waals surface area contributed by atoms with E-state index >= 15 is 0 Å². The van der Waals surface area contributed by atoms with Gasteiger partial charge < -0.3 is 4.74 Å². The van der Waals surface area contributed by atoms with Gasteiger partial charge >= 0.3 is 0 Å². The highest BCUT2D eigenvalue weighted by Gasteiger charge is 2.00. The van der Waals surface area contributed by atoms with Gasteiger partial charge in [-0.15, -0.1) is 0 Å². The molecular weight excluding hydrogens is 239 g/mol. The van der Waals surface area contributed by atoms with Crippen LogP contribution in [-0.4, -0.2) is 13.1 Å². The van der Waals surface area contributed by atoms with Gasteiger partial charge in [0.1, 0.15) is 5.82 Å². The fourth-order valence-corrected chi connectivity index (χ4v) is 1.17. The Morgan fingerprint density at radius 2 is 2.31 bits per heavy atom. The first kappa shape index (κ1) is 10.2. The zero-order valence-corrected chi connectivity index (χ0v) is 8.38. The SMILES string of the molecule is O=COCCc1ccc(Br)c(F)c1. The Hall–Kier alpha value is -0.900. The van der Waals surface area contributed by atoms with Crippen LogP contribution in [0.4, 0.5) is 4.39 Å². The molecule has 0 heterocycles. The van der Waals surface area contributed by atoms with E-state index in [9.17, 15) is 9.18 Å². The van der Waals surface area contributed by atoms with Crippen molar-refractivity contribution < 1.29 is 13.9 Å². The van der Waals surface area contributed by atoms with E-state index in [4.69, 9.17) is 0 Å². The molecule has 1 aromatic rings. The molecule has 0 amide bonds. The van der Waals surface area contributed by atoms with Gasteiger partial charge in [0.05, 0.1) is 11.1 Å². The molecule has 70 valence electrons. The first-order valence-electron chi connectivity index (χ1n) is 3.73. The molecule has 0 saturated carbocycles. The molecule has 0 N–H and O–H groups in total. The fourth-order valence-electron chi connectivity index (χ4n) is 0.920. The number of ether oxygens (including phenoxy) is 1. The van der Waals surface area contributed by atoms with Gasteiger partial charge in [-0.25, -0.2) is 4.39 Å². The van der Waals surface area contributed by atoms with Crippen molar-refractivity contribution in [1.82, 2.24) is 0 Å². The summed E-state index contributed by atoms with van der Waals surface area (Å²) >= 11 is 3.05. The van der Waals surface area contributed by atoms with Gasteiger partial charge in [0.15, 0.2) is 0 Å². The second-order valence-corrected chi connectivity index (χ2v) is 3.32. The third-order valence-electron chi connectivity index (χ3n) is 1.56. The van der Waals surface area contributed by atoms with Crippen LogP contribution >= 0.6 is 15.9 Å². The highest BCUT2D eigenvalue weighted by atomic mass is 79.9. The van der Waals surface area contributed by atoms with Crippen molar-refractivity contribution in [2.24, 2.45) is 0 Å². The van der Waals surface area contributed by atoms with Crippen molar-refractivity contribution in [3.63, 3.8) is 0 Å². The van der Waals surface area contributed by atoms with E-state index in [1.54, 1.807) is 12.1 Å². The highest BCUT2D eigenvalue weighted by molar-refractivity contribution is 9.10. The van der Waals surface area contributed by atoms with Crippen molar-refractivity contribution in [2.45, 2.75) is 6.42 Å².